The van der Waals surface area contributed by atoms with Gasteiger partial charge in [0.05, 0.1) is 50.2 Å². The zero-order valence-corrected chi connectivity index (χ0v) is 31.1. The maximum atomic E-state index is 13.2. The van der Waals surface area contributed by atoms with Crippen LogP contribution in [0.4, 0.5) is 18.9 Å². The van der Waals surface area contributed by atoms with Crippen LogP contribution in [0.2, 0.25) is 0 Å². The fourth-order valence-corrected chi connectivity index (χ4v) is 5.34. The van der Waals surface area contributed by atoms with Crippen molar-refractivity contribution in [1.29, 1.82) is 0 Å². The largest absolute Gasteiger partial charge is 0.493 e. The van der Waals surface area contributed by atoms with E-state index >= 15 is 0 Å². The van der Waals surface area contributed by atoms with Crippen molar-refractivity contribution >= 4 is 17.5 Å². The number of amides is 2. The summed E-state index contributed by atoms with van der Waals surface area (Å²) in [6.07, 6.45) is 0.278. The van der Waals surface area contributed by atoms with Gasteiger partial charge in [-0.3, -0.25) is 19.7 Å². The highest BCUT2D eigenvalue weighted by Gasteiger charge is 2.33. The first-order valence-corrected chi connectivity index (χ1v) is 18.0. The second-order valence-electron chi connectivity index (χ2n) is 12.4. The zero-order chi connectivity index (χ0) is 40.5. The first-order valence-electron chi connectivity index (χ1n) is 18.0. The van der Waals surface area contributed by atoms with E-state index in [-0.39, 0.29) is 65.6 Å². The van der Waals surface area contributed by atoms with Crippen LogP contribution in [-0.4, -0.2) is 76.7 Å². The van der Waals surface area contributed by atoms with Gasteiger partial charge in [0.25, 0.3) is 11.6 Å². The van der Waals surface area contributed by atoms with Crippen LogP contribution in [-0.2, 0) is 41.6 Å². The first kappa shape index (κ1) is 42.9. The topological polar surface area (TPSA) is 208 Å². The van der Waals surface area contributed by atoms with Gasteiger partial charge >= 0.3 is 6.18 Å². The number of aromatic nitrogens is 4. The summed E-state index contributed by atoms with van der Waals surface area (Å²) in [4.78, 5) is 39.3. The van der Waals surface area contributed by atoms with Gasteiger partial charge in [0.1, 0.15) is 11.4 Å². The molecule has 0 fully saturated rings. The van der Waals surface area contributed by atoms with Crippen LogP contribution >= 0.6 is 0 Å². The third-order valence-corrected chi connectivity index (χ3v) is 8.22. The van der Waals surface area contributed by atoms with Gasteiger partial charge in [0.15, 0.2) is 11.5 Å². The minimum absolute atomic E-state index is 0.0399. The van der Waals surface area contributed by atoms with Gasteiger partial charge in [-0.2, -0.15) is 13.2 Å². The number of carbonyl (C=O) groups excluding carboxylic acids is 2. The Bertz CT molecular complexity index is 1920. The number of aryl methyl sites for hydroxylation is 2. The molecule has 2 amide bonds. The maximum absolute atomic E-state index is 13.2. The molecular weight excluding hydrogens is 741 g/mol. The van der Waals surface area contributed by atoms with Crippen molar-refractivity contribution in [3.05, 3.63) is 92.9 Å². The number of benzene rings is 2. The number of methoxy groups -OCH3 is 1. The van der Waals surface area contributed by atoms with Crippen molar-refractivity contribution in [3.63, 3.8) is 0 Å². The van der Waals surface area contributed by atoms with Crippen molar-refractivity contribution in [2.75, 3.05) is 40.0 Å². The summed E-state index contributed by atoms with van der Waals surface area (Å²) in [5.41, 5.74) is 6.17. The number of carbonyl (C=O) groups is 2. The molecule has 56 heavy (non-hydrogen) atoms. The summed E-state index contributed by atoms with van der Waals surface area (Å²) in [7, 11) is 1.46. The minimum atomic E-state index is -4.67. The molecule has 4 aromatic rings. The predicted octanol–water partition coefficient (Wildman–Crippen LogP) is 5.17. The van der Waals surface area contributed by atoms with Crippen LogP contribution in [0.5, 0.6) is 23.1 Å². The average Bonchev–Trinajstić information content (AvgIpc) is 3.64. The Balaban J connectivity index is 1.06. The minimum Gasteiger partial charge on any atom is -0.493 e. The van der Waals surface area contributed by atoms with Crippen LogP contribution in [0, 0.1) is 10.1 Å². The van der Waals surface area contributed by atoms with Crippen molar-refractivity contribution in [3.8, 4) is 23.1 Å². The molecule has 0 aliphatic rings. The number of hydrogen-bond donors (Lipinski definition) is 3. The van der Waals surface area contributed by atoms with E-state index in [2.05, 4.69) is 25.9 Å². The first-order chi connectivity index (χ1) is 26.9. The highest BCUT2D eigenvalue weighted by Crippen LogP contribution is 2.35. The smallest absolute Gasteiger partial charge is 0.433 e. The number of nitrogens with zero attached hydrogens (tertiary/aromatic N) is 5. The number of halogens is 3. The summed E-state index contributed by atoms with van der Waals surface area (Å²) in [5.74, 6) is -0.0173. The number of alkyl halides is 3. The monoisotopic (exact) mass is 786 g/mol. The molecule has 0 radical (unpaired) electrons. The van der Waals surface area contributed by atoms with Gasteiger partial charge in [-0.15, -0.1) is 5.10 Å². The molecule has 16 nitrogen and oxygen atoms in total. The molecule has 0 aliphatic heterocycles. The lowest BCUT2D eigenvalue weighted by Gasteiger charge is -2.12. The highest BCUT2D eigenvalue weighted by atomic mass is 19.4. The Kier molecular flexibility index (Phi) is 16.3. The molecule has 4 N–H and O–H groups in total. The van der Waals surface area contributed by atoms with Gasteiger partial charge in [0, 0.05) is 49.4 Å². The van der Waals surface area contributed by atoms with Crippen molar-refractivity contribution < 1.29 is 46.6 Å². The van der Waals surface area contributed by atoms with Crippen LogP contribution in [0.25, 0.3) is 0 Å². The molecule has 2 aromatic carbocycles. The number of nitro benzene ring substituents is 1. The van der Waals surface area contributed by atoms with E-state index in [1.165, 1.54) is 31.4 Å². The lowest BCUT2D eigenvalue weighted by molar-refractivity contribution is -0.385. The SMILES string of the molecule is CCc1cc(OC)c(OCCCC(=O)NCCOCCn2cc(CCCCNC(=O)c3cccc(Oc4cc(CN)cc(C(F)(F)F)n4)c3)nn2)cc1[N+](=O)[O-]. The molecule has 302 valence electrons. The molecule has 19 heteroatoms. The van der Waals surface area contributed by atoms with Crippen LogP contribution < -0.4 is 30.6 Å². The Morgan fingerprint density at radius 2 is 1.82 bits per heavy atom. The number of nitrogens with one attached hydrogen (secondary N) is 2. The molecule has 0 unspecified atom stereocenters. The van der Waals surface area contributed by atoms with E-state index in [1.54, 1.807) is 22.9 Å². The summed E-state index contributed by atoms with van der Waals surface area (Å²) >= 11 is 0. The molecule has 2 heterocycles. The fourth-order valence-electron chi connectivity index (χ4n) is 5.34. The van der Waals surface area contributed by atoms with E-state index < -0.39 is 16.8 Å². The van der Waals surface area contributed by atoms with Crippen LogP contribution in [0.1, 0.15) is 65.5 Å². The number of nitro groups is 1. The molecule has 2 aromatic heterocycles. The van der Waals surface area contributed by atoms with E-state index in [1.807, 2.05) is 13.1 Å². The number of hydrogen-bond acceptors (Lipinski definition) is 12. The molecule has 0 atom stereocenters. The molecule has 4 rings (SSSR count). The molecule has 0 saturated carbocycles. The van der Waals surface area contributed by atoms with E-state index in [9.17, 15) is 32.9 Å². The Morgan fingerprint density at radius 1 is 1.00 bits per heavy atom. The lowest BCUT2D eigenvalue weighted by atomic mass is 10.1. The molecular formula is C37H45F3N8O8. The third kappa shape index (κ3) is 13.5. The number of pyridine rings is 1. The molecule has 0 bridgehead atoms. The Morgan fingerprint density at radius 3 is 2.55 bits per heavy atom. The van der Waals surface area contributed by atoms with E-state index in [0.717, 1.165) is 18.2 Å². The third-order valence-electron chi connectivity index (χ3n) is 8.22. The van der Waals surface area contributed by atoms with E-state index in [0.29, 0.717) is 69.8 Å². The summed E-state index contributed by atoms with van der Waals surface area (Å²) in [5, 5.41) is 25.2. The second-order valence-corrected chi connectivity index (χ2v) is 12.4. The van der Waals surface area contributed by atoms with E-state index in [4.69, 9.17) is 24.7 Å². The van der Waals surface area contributed by atoms with Gasteiger partial charge in [0.2, 0.25) is 11.8 Å². The van der Waals surface area contributed by atoms with Crippen LogP contribution in [0.3, 0.4) is 0 Å². The summed E-state index contributed by atoms with van der Waals surface area (Å²) in [6, 6.07) is 11.2. The van der Waals surface area contributed by atoms with Crippen LogP contribution in [0.15, 0.2) is 54.7 Å². The number of nitrogens with two attached hydrogens (primary N) is 1. The standard InChI is InChI=1S/C37H45F3N8O8/c1-3-26-21-31(53-2)32(22-30(26)48(51)52)55-15-7-11-34(49)42-13-16-54-17-14-47-24-28(45-46-47)9-4-5-12-43-36(50)27-8-6-10-29(20-27)56-35-19-25(23-41)18-33(44-35)37(38,39)40/h6,8,10,18-22,24H,3-5,7,9,11-17,23,41H2,1-2H3,(H,42,49)(H,43,50). The van der Waals surface area contributed by atoms with Gasteiger partial charge in [-0.05, 0) is 68.0 Å². The quantitative estimate of drug-likeness (QED) is 0.0506. The average molecular weight is 787 g/mol. The number of unbranched alkanes of at least 4 members (excludes halogenated alkanes) is 1. The van der Waals surface area contributed by atoms with Crippen molar-refractivity contribution in [2.45, 2.75) is 64.7 Å². The zero-order valence-electron chi connectivity index (χ0n) is 31.1. The normalized spacial score (nSPS) is 11.2. The fraction of sp³-hybridized carbons (Fsp3) is 0.432. The number of rotatable bonds is 23. The molecule has 0 saturated heterocycles. The number of ether oxygens (including phenoxy) is 4. The second kappa shape index (κ2) is 21.3. The maximum Gasteiger partial charge on any atom is 0.433 e. The predicted molar refractivity (Wildman–Crippen MR) is 197 cm³/mol. The molecule has 0 aliphatic carbocycles. The highest BCUT2D eigenvalue weighted by molar-refractivity contribution is 5.94. The lowest BCUT2D eigenvalue weighted by Crippen LogP contribution is -2.27. The summed E-state index contributed by atoms with van der Waals surface area (Å²) < 4.78 is 63.4. The van der Waals surface area contributed by atoms with Gasteiger partial charge < -0.3 is 35.3 Å². The van der Waals surface area contributed by atoms with Crippen molar-refractivity contribution in [2.24, 2.45) is 5.73 Å². The Hall–Kier alpha value is -5.82. The van der Waals surface area contributed by atoms with Crippen molar-refractivity contribution in [1.82, 2.24) is 30.6 Å². The van der Waals surface area contributed by atoms with Gasteiger partial charge in [-0.1, -0.05) is 18.2 Å². The van der Waals surface area contributed by atoms with Gasteiger partial charge in [-0.25, -0.2) is 9.67 Å². The Labute approximate surface area is 321 Å². The molecule has 0 spiro atoms. The summed E-state index contributed by atoms with van der Waals surface area (Å²) in [6.45, 7) is 3.72.